The molecular formula is C16H23NO3. The molecule has 1 unspecified atom stereocenters. The molecule has 0 bridgehead atoms. The van der Waals surface area contributed by atoms with E-state index in [-0.39, 0.29) is 5.92 Å². The molecular weight excluding hydrogens is 254 g/mol. The SMILES string of the molecule is C[C@H](CN1CCCC1)C(O)c1ccc2c(c1)OCCO2. The molecule has 20 heavy (non-hydrogen) atoms. The summed E-state index contributed by atoms with van der Waals surface area (Å²) in [6.07, 6.45) is 2.12. The van der Waals surface area contributed by atoms with Crippen LogP contribution in [-0.4, -0.2) is 42.9 Å². The highest BCUT2D eigenvalue weighted by Crippen LogP contribution is 2.34. The first-order valence-electron chi connectivity index (χ1n) is 7.54. The molecule has 2 aliphatic heterocycles. The minimum atomic E-state index is -0.452. The third kappa shape index (κ3) is 2.91. The molecule has 1 saturated heterocycles. The van der Waals surface area contributed by atoms with Gasteiger partial charge in [0.05, 0.1) is 6.10 Å². The lowest BCUT2D eigenvalue weighted by Gasteiger charge is -2.26. The van der Waals surface area contributed by atoms with Gasteiger partial charge in [-0.25, -0.2) is 0 Å². The maximum atomic E-state index is 10.5. The fourth-order valence-corrected chi connectivity index (χ4v) is 3.04. The smallest absolute Gasteiger partial charge is 0.161 e. The number of benzene rings is 1. The first-order valence-corrected chi connectivity index (χ1v) is 7.54. The van der Waals surface area contributed by atoms with Gasteiger partial charge in [0, 0.05) is 6.54 Å². The van der Waals surface area contributed by atoms with Gasteiger partial charge in [0.25, 0.3) is 0 Å². The van der Waals surface area contributed by atoms with Crippen molar-refractivity contribution in [3.63, 3.8) is 0 Å². The van der Waals surface area contributed by atoms with Gasteiger partial charge in [-0.3, -0.25) is 0 Å². The van der Waals surface area contributed by atoms with E-state index < -0.39 is 6.10 Å². The number of hydrogen-bond donors (Lipinski definition) is 1. The molecule has 1 N–H and O–H groups in total. The first kappa shape index (κ1) is 13.7. The highest BCUT2D eigenvalue weighted by atomic mass is 16.6. The average Bonchev–Trinajstić information content (AvgIpc) is 2.99. The van der Waals surface area contributed by atoms with Gasteiger partial charge in [-0.15, -0.1) is 0 Å². The van der Waals surface area contributed by atoms with Crippen molar-refractivity contribution in [2.75, 3.05) is 32.8 Å². The van der Waals surface area contributed by atoms with Gasteiger partial charge in [0.2, 0.25) is 0 Å². The fraction of sp³-hybridized carbons (Fsp3) is 0.625. The highest BCUT2D eigenvalue weighted by Gasteiger charge is 2.23. The van der Waals surface area contributed by atoms with Crippen molar-refractivity contribution >= 4 is 0 Å². The molecule has 0 spiro atoms. The Balaban J connectivity index is 1.67. The van der Waals surface area contributed by atoms with Gasteiger partial charge in [-0.1, -0.05) is 13.0 Å². The van der Waals surface area contributed by atoms with Crippen LogP contribution >= 0.6 is 0 Å². The van der Waals surface area contributed by atoms with Crippen molar-refractivity contribution in [2.24, 2.45) is 5.92 Å². The van der Waals surface area contributed by atoms with Gasteiger partial charge in [0.1, 0.15) is 13.2 Å². The number of hydrogen-bond acceptors (Lipinski definition) is 4. The van der Waals surface area contributed by atoms with E-state index in [0.717, 1.165) is 36.7 Å². The van der Waals surface area contributed by atoms with Crippen molar-refractivity contribution in [3.8, 4) is 11.5 Å². The molecule has 0 amide bonds. The van der Waals surface area contributed by atoms with E-state index >= 15 is 0 Å². The predicted octanol–water partition coefficient (Wildman–Crippen LogP) is 2.22. The van der Waals surface area contributed by atoms with E-state index in [4.69, 9.17) is 9.47 Å². The van der Waals surface area contributed by atoms with Gasteiger partial charge >= 0.3 is 0 Å². The van der Waals surface area contributed by atoms with E-state index in [2.05, 4.69) is 11.8 Å². The summed E-state index contributed by atoms with van der Waals surface area (Å²) in [5.41, 5.74) is 0.918. The van der Waals surface area contributed by atoms with Crippen LogP contribution in [0, 0.1) is 5.92 Å². The Kier molecular flexibility index (Phi) is 4.13. The summed E-state index contributed by atoms with van der Waals surface area (Å²) >= 11 is 0. The van der Waals surface area contributed by atoms with Crippen LogP contribution in [0.4, 0.5) is 0 Å². The zero-order valence-corrected chi connectivity index (χ0v) is 12.0. The molecule has 4 heteroatoms. The van der Waals surface area contributed by atoms with Crippen LogP contribution in [0.15, 0.2) is 18.2 Å². The number of ether oxygens (including phenoxy) is 2. The summed E-state index contributed by atoms with van der Waals surface area (Å²) in [5.74, 6) is 1.75. The number of rotatable bonds is 4. The van der Waals surface area contributed by atoms with E-state index in [1.165, 1.54) is 12.8 Å². The Morgan fingerprint density at radius 3 is 2.60 bits per heavy atom. The Morgan fingerprint density at radius 1 is 1.15 bits per heavy atom. The lowest BCUT2D eigenvalue weighted by Crippen LogP contribution is -2.28. The first-order chi connectivity index (χ1) is 9.74. The van der Waals surface area contributed by atoms with E-state index in [9.17, 15) is 5.11 Å². The minimum absolute atomic E-state index is 0.218. The summed E-state index contributed by atoms with van der Waals surface area (Å²) in [6, 6.07) is 5.76. The Labute approximate surface area is 120 Å². The molecule has 0 radical (unpaired) electrons. The zero-order chi connectivity index (χ0) is 13.9. The largest absolute Gasteiger partial charge is 0.486 e. The molecule has 2 atom stereocenters. The average molecular weight is 277 g/mol. The fourth-order valence-electron chi connectivity index (χ4n) is 3.04. The molecule has 1 fully saturated rings. The predicted molar refractivity (Wildman–Crippen MR) is 77.2 cm³/mol. The van der Waals surface area contributed by atoms with Crippen molar-refractivity contribution in [1.29, 1.82) is 0 Å². The Morgan fingerprint density at radius 2 is 1.85 bits per heavy atom. The topological polar surface area (TPSA) is 41.9 Å². The van der Waals surface area contributed by atoms with Crippen LogP contribution in [0.5, 0.6) is 11.5 Å². The van der Waals surface area contributed by atoms with E-state index in [0.29, 0.717) is 13.2 Å². The molecule has 2 heterocycles. The summed E-state index contributed by atoms with van der Waals surface area (Å²) in [6.45, 7) is 6.57. The quantitative estimate of drug-likeness (QED) is 0.916. The number of likely N-dealkylation sites (tertiary alicyclic amines) is 1. The Bertz CT molecular complexity index is 457. The molecule has 4 nitrogen and oxygen atoms in total. The summed E-state index contributed by atoms with van der Waals surface area (Å²) in [7, 11) is 0. The van der Waals surface area contributed by atoms with Gasteiger partial charge < -0.3 is 19.5 Å². The molecule has 110 valence electrons. The van der Waals surface area contributed by atoms with Gasteiger partial charge in [0.15, 0.2) is 11.5 Å². The molecule has 1 aromatic carbocycles. The number of fused-ring (bicyclic) bond motifs is 1. The maximum Gasteiger partial charge on any atom is 0.161 e. The molecule has 0 saturated carbocycles. The molecule has 1 aromatic rings. The second kappa shape index (κ2) is 6.02. The van der Waals surface area contributed by atoms with Crippen LogP contribution in [0.25, 0.3) is 0 Å². The lowest BCUT2D eigenvalue weighted by atomic mass is 9.96. The maximum absolute atomic E-state index is 10.5. The van der Waals surface area contributed by atoms with Crippen molar-refractivity contribution in [2.45, 2.75) is 25.9 Å². The molecule has 2 aliphatic rings. The molecule has 0 aliphatic carbocycles. The van der Waals surface area contributed by atoms with E-state index in [1.54, 1.807) is 0 Å². The summed E-state index contributed by atoms with van der Waals surface area (Å²) < 4.78 is 11.1. The third-order valence-electron chi connectivity index (χ3n) is 4.19. The minimum Gasteiger partial charge on any atom is -0.486 e. The zero-order valence-electron chi connectivity index (χ0n) is 12.0. The second-order valence-electron chi connectivity index (χ2n) is 5.83. The van der Waals surface area contributed by atoms with Crippen molar-refractivity contribution < 1.29 is 14.6 Å². The highest BCUT2D eigenvalue weighted by molar-refractivity contribution is 5.44. The number of aliphatic hydroxyl groups is 1. The summed E-state index contributed by atoms with van der Waals surface area (Å²) in [5, 5.41) is 10.5. The molecule has 3 rings (SSSR count). The monoisotopic (exact) mass is 277 g/mol. The van der Waals surface area contributed by atoms with E-state index in [1.807, 2.05) is 18.2 Å². The van der Waals surface area contributed by atoms with Crippen molar-refractivity contribution in [3.05, 3.63) is 23.8 Å². The van der Waals surface area contributed by atoms with Crippen LogP contribution in [-0.2, 0) is 0 Å². The molecule has 0 aromatic heterocycles. The van der Waals surface area contributed by atoms with Crippen LogP contribution in [0.1, 0.15) is 31.4 Å². The third-order valence-corrected chi connectivity index (χ3v) is 4.19. The standard InChI is InChI=1S/C16H23NO3/c1-12(11-17-6-2-3-7-17)16(18)13-4-5-14-15(10-13)20-9-8-19-14/h4-5,10,12,16,18H,2-3,6-9,11H2,1H3/t12-,16?/m1/s1. The normalized spacial score (nSPS) is 21.7. The van der Waals surface area contributed by atoms with Crippen LogP contribution in [0.2, 0.25) is 0 Å². The number of aliphatic hydroxyl groups excluding tert-OH is 1. The number of nitrogens with zero attached hydrogens (tertiary/aromatic N) is 1. The van der Waals surface area contributed by atoms with Crippen LogP contribution in [0.3, 0.4) is 0 Å². The van der Waals surface area contributed by atoms with Crippen molar-refractivity contribution in [1.82, 2.24) is 4.90 Å². The Hall–Kier alpha value is -1.26. The van der Waals surface area contributed by atoms with Gasteiger partial charge in [-0.2, -0.15) is 0 Å². The lowest BCUT2D eigenvalue weighted by molar-refractivity contribution is 0.0937. The summed E-state index contributed by atoms with van der Waals surface area (Å²) in [4.78, 5) is 2.44. The second-order valence-corrected chi connectivity index (χ2v) is 5.83. The van der Waals surface area contributed by atoms with Gasteiger partial charge in [-0.05, 0) is 49.5 Å². The van der Waals surface area contributed by atoms with Crippen LogP contribution < -0.4 is 9.47 Å².